The number of benzene rings is 1. The molecule has 0 amide bonds. The molecule has 1 heterocycles. The van der Waals surface area contributed by atoms with E-state index in [2.05, 4.69) is 55.4 Å². The van der Waals surface area contributed by atoms with Crippen LogP contribution >= 0.6 is 0 Å². The van der Waals surface area contributed by atoms with E-state index in [1.54, 1.807) is 0 Å². The molecule has 2 aromatic rings. The van der Waals surface area contributed by atoms with Crippen LogP contribution in [0.15, 0.2) is 30.3 Å². The number of hydrogen-bond acceptors (Lipinski definition) is 3. The van der Waals surface area contributed by atoms with Crippen molar-refractivity contribution in [2.24, 2.45) is 11.3 Å². The lowest BCUT2D eigenvalue weighted by atomic mass is 9.85. The van der Waals surface area contributed by atoms with Crippen LogP contribution in [-0.4, -0.2) is 4.98 Å². The second kappa shape index (κ2) is 5.27. The predicted molar refractivity (Wildman–Crippen MR) is 80.6 cm³/mol. The Morgan fingerprint density at radius 3 is 2.58 bits per heavy atom. The standard InChI is InChI=1S/C16H23N3/c1-11-5-6-12-9-13(7-8-14(12)18-11)15(19-17)10-16(2,3)4/h5-9,15,19H,10,17H2,1-4H3. The second-order valence-electron chi connectivity index (χ2n) is 6.39. The van der Waals surface area contributed by atoms with Gasteiger partial charge in [0.1, 0.15) is 0 Å². The van der Waals surface area contributed by atoms with Gasteiger partial charge < -0.3 is 0 Å². The van der Waals surface area contributed by atoms with Crippen LogP contribution in [0.2, 0.25) is 0 Å². The number of hydrogen-bond donors (Lipinski definition) is 2. The molecule has 3 nitrogen and oxygen atoms in total. The molecule has 0 spiro atoms. The van der Waals surface area contributed by atoms with Gasteiger partial charge in [0, 0.05) is 17.1 Å². The molecular weight excluding hydrogens is 234 g/mol. The predicted octanol–water partition coefficient (Wildman–Crippen LogP) is 3.48. The summed E-state index contributed by atoms with van der Waals surface area (Å²) in [5, 5.41) is 1.16. The molecule has 19 heavy (non-hydrogen) atoms. The molecule has 1 unspecified atom stereocenters. The summed E-state index contributed by atoms with van der Waals surface area (Å²) >= 11 is 0. The lowest BCUT2D eigenvalue weighted by Gasteiger charge is -2.26. The maximum absolute atomic E-state index is 5.71. The molecule has 0 saturated carbocycles. The normalized spacial score (nSPS) is 13.7. The van der Waals surface area contributed by atoms with Crippen molar-refractivity contribution in [3.8, 4) is 0 Å². The minimum absolute atomic E-state index is 0.172. The zero-order valence-corrected chi connectivity index (χ0v) is 12.2. The van der Waals surface area contributed by atoms with Crippen molar-refractivity contribution >= 4 is 10.9 Å². The van der Waals surface area contributed by atoms with E-state index >= 15 is 0 Å². The zero-order chi connectivity index (χ0) is 14.0. The highest BCUT2D eigenvalue weighted by molar-refractivity contribution is 5.79. The summed E-state index contributed by atoms with van der Waals surface area (Å²) in [7, 11) is 0. The molecule has 0 radical (unpaired) electrons. The smallest absolute Gasteiger partial charge is 0.0705 e. The first-order valence-corrected chi connectivity index (χ1v) is 6.72. The first kappa shape index (κ1) is 14.0. The third-order valence-corrected chi connectivity index (χ3v) is 3.27. The lowest BCUT2D eigenvalue weighted by Crippen LogP contribution is -2.31. The van der Waals surface area contributed by atoms with Gasteiger partial charge in [-0.3, -0.25) is 16.3 Å². The number of pyridine rings is 1. The average molecular weight is 257 g/mol. The van der Waals surface area contributed by atoms with Crippen molar-refractivity contribution in [3.63, 3.8) is 0 Å². The van der Waals surface area contributed by atoms with Gasteiger partial charge in [-0.1, -0.05) is 32.9 Å². The fraction of sp³-hybridized carbons (Fsp3) is 0.438. The van der Waals surface area contributed by atoms with Crippen LogP contribution in [0.3, 0.4) is 0 Å². The maximum Gasteiger partial charge on any atom is 0.0705 e. The summed E-state index contributed by atoms with van der Waals surface area (Å²) in [5.74, 6) is 5.71. The fourth-order valence-electron chi connectivity index (χ4n) is 2.35. The van der Waals surface area contributed by atoms with E-state index in [-0.39, 0.29) is 11.5 Å². The number of hydrazine groups is 1. The Bertz CT molecular complexity index is 570. The van der Waals surface area contributed by atoms with Crippen molar-refractivity contribution in [2.75, 3.05) is 0 Å². The molecule has 1 aromatic heterocycles. The van der Waals surface area contributed by atoms with Gasteiger partial charge in [0.05, 0.1) is 5.52 Å². The van der Waals surface area contributed by atoms with Crippen molar-refractivity contribution in [2.45, 2.75) is 40.2 Å². The Balaban J connectivity index is 2.36. The second-order valence-corrected chi connectivity index (χ2v) is 6.39. The summed E-state index contributed by atoms with van der Waals surface area (Å²) in [4.78, 5) is 4.52. The minimum atomic E-state index is 0.172. The Kier molecular flexibility index (Phi) is 3.88. The topological polar surface area (TPSA) is 50.9 Å². The number of aryl methyl sites for hydroxylation is 1. The first-order chi connectivity index (χ1) is 8.89. The van der Waals surface area contributed by atoms with Gasteiger partial charge in [-0.2, -0.15) is 0 Å². The quantitative estimate of drug-likeness (QED) is 0.653. The van der Waals surface area contributed by atoms with Gasteiger partial charge in [0.15, 0.2) is 0 Å². The number of rotatable bonds is 3. The first-order valence-electron chi connectivity index (χ1n) is 6.72. The van der Waals surface area contributed by atoms with Gasteiger partial charge in [0.25, 0.3) is 0 Å². The number of fused-ring (bicyclic) bond motifs is 1. The SMILES string of the molecule is Cc1ccc2cc(C(CC(C)(C)C)NN)ccc2n1. The van der Waals surface area contributed by atoms with Gasteiger partial charge in [-0.15, -0.1) is 0 Å². The molecule has 0 aliphatic rings. The third kappa shape index (κ3) is 3.52. The lowest BCUT2D eigenvalue weighted by molar-refractivity contribution is 0.313. The highest BCUT2D eigenvalue weighted by Gasteiger charge is 2.19. The monoisotopic (exact) mass is 257 g/mol. The van der Waals surface area contributed by atoms with E-state index in [4.69, 9.17) is 5.84 Å². The molecule has 1 atom stereocenters. The molecular formula is C16H23N3. The molecule has 2 rings (SSSR count). The molecule has 102 valence electrons. The van der Waals surface area contributed by atoms with Gasteiger partial charge in [0.2, 0.25) is 0 Å². The number of aromatic nitrogens is 1. The number of nitrogens with zero attached hydrogens (tertiary/aromatic N) is 1. The summed E-state index contributed by atoms with van der Waals surface area (Å²) in [5.41, 5.74) is 6.46. The third-order valence-electron chi connectivity index (χ3n) is 3.27. The summed E-state index contributed by atoms with van der Waals surface area (Å²) in [6, 6.07) is 10.7. The Labute approximate surface area is 115 Å². The van der Waals surface area contributed by atoms with E-state index in [0.717, 1.165) is 23.0 Å². The summed E-state index contributed by atoms with van der Waals surface area (Å²) < 4.78 is 0. The number of nitrogens with one attached hydrogen (secondary N) is 1. The van der Waals surface area contributed by atoms with Gasteiger partial charge >= 0.3 is 0 Å². The Morgan fingerprint density at radius 1 is 1.21 bits per heavy atom. The van der Waals surface area contributed by atoms with E-state index < -0.39 is 0 Å². The largest absolute Gasteiger partial charge is 0.271 e. The maximum atomic E-state index is 5.71. The molecule has 0 aliphatic heterocycles. The zero-order valence-electron chi connectivity index (χ0n) is 12.2. The fourth-order valence-corrected chi connectivity index (χ4v) is 2.35. The average Bonchev–Trinajstić information content (AvgIpc) is 2.34. The summed E-state index contributed by atoms with van der Waals surface area (Å²) in [6.07, 6.45) is 0.994. The highest BCUT2D eigenvalue weighted by atomic mass is 15.2. The van der Waals surface area contributed by atoms with Crippen LogP contribution in [0.5, 0.6) is 0 Å². The summed E-state index contributed by atoms with van der Waals surface area (Å²) in [6.45, 7) is 8.69. The van der Waals surface area contributed by atoms with Crippen LogP contribution in [0.25, 0.3) is 10.9 Å². The van der Waals surface area contributed by atoms with Gasteiger partial charge in [-0.25, -0.2) is 0 Å². The minimum Gasteiger partial charge on any atom is -0.271 e. The van der Waals surface area contributed by atoms with E-state index in [9.17, 15) is 0 Å². The molecule has 3 heteroatoms. The van der Waals surface area contributed by atoms with Gasteiger partial charge in [-0.05, 0) is 42.5 Å². The Morgan fingerprint density at radius 2 is 1.95 bits per heavy atom. The van der Waals surface area contributed by atoms with Crippen molar-refractivity contribution < 1.29 is 0 Å². The molecule has 0 saturated heterocycles. The van der Waals surface area contributed by atoms with Crippen LogP contribution < -0.4 is 11.3 Å². The molecule has 0 fully saturated rings. The van der Waals surface area contributed by atoms with Crippen molar-refractivity contribution in [1.82, 2.24) is 10.4 Å². The van der Waals surface area contributed by atoms with Crippen LogP contribution in [0.4, 0.5) is 0 Å². The van der Waals surface area contributed by atoms with Crippen molar-refractivity contribution in [3.05, 3.63) is 41.6 Å². The van der Waals surface area contributed by atoms with Crippen LogP contribution in [0, 0.1) is 12.3 Å². The van der Waals surface area contributed by atoms with Crippen molar-refractivity contribution in [1.29, 1.82) is 0 Å². The molecule has 0 bridgehead atoms. The van der Waals surface area contributed by atoms with E-state index in [0.29, 0.717) is 0 Å². The molecule has 3 N–H and O–H groups in total. The van der Waals surface area contributed by atoms with E-state index in [1.165, 1.54) is 5.56 Å². The Hall–Kier alpha value is -1.45. The van der Waals surface area contributed by atoms with Crippen LogP contribution in [-0.2, 0) is 0 Å². The highest BCUT2D eigenvalue weighted by Crippen LogP contribution is 2.30. The molecule has 0 aliphatic carbocycles. The molecule has 1 aromatic carbocycles. The van der Waals surface area contributed by atoms with E-state index in [1.807, 2.05) is 13.0 Å². The van der Waals surface area contributed by atoms with Crippen LogP contribution in [0.1, 0.15) is 44.5 Å². The number of nitrogens with two attached hydrogens (primary N) is 1.